The van der Waals surface area contributed by atoms with Crippen molar-refractivity contribution in [2.75, 3.05) is 5.32 Å². The molecule has 0 aliphatic rings. The van der Waals surface area contributed by atoms with Crippen LogP contribution in [0.2, 0.25) is 5.02 Å². The molecule has 3 rings (SSSR count). The number of aromatic nitrogens is 2. The molecule has 0 bridgehead atoms. The lowest BCUT2D eigenvalue weighted by Gasteiger charge is -2.10. The van der Waals surface area contributed by atoms with Crippen molar-refractivity contribution >= 4 is 28.8 Å². The van der Waals surface area contributed by atoms with Gasteiger partial charge in [0.05, 0.1) is 16.3 Å². The highest BCUT2D eigenvalue weighted by molar-refractivity contribution is 6.33. The normalized spacial score (nSPS) is 11.8. The highest BCUT2D eigenvalue weighted by atomic mass is 35.5. The Morgan fingerprint density at radius 2 is 2.04 bits per heavy atom. The van der Waals surface area contributed by atoms with E-state index in [0.29, 0.717) is 6.42 Å². The van der Waals surface area contributed by atoms with E-state index in [1.165, 1.54) is 18.2 Å². The SMILES string of the molecule is CCc1nc2c(Cl)cc(C(F)(F)F)cn2c1C(=O)Nc1cccc(F)c1. The van der Waals surface area contributed by atoms with Crippen molar-refractivity contribution in [2.24, 2.45) is 0 Å². The number of benzene rings is 1. The number of nitrogens with one attached hydrogen (secondary N) is 1. The summed E-state index contributed by atoms with van der Waals surface area (Å²) in [6, 6.07) is 5.93. The number of carbonyl (C=O) groups is 1. The average molecular weight is 386 g/mol. The van der Waals surface area contributed by atoms with Crippen LogP contribution >= 0.6 is 11.6 Å². The van der Waals surface area contributed by atoms with E-state index in [1.807, 2.05) is 0 Å². The van der Waals surface area contributed by atoms with Crippen molar-refractivity contribution in [3.63, 3.8) is 0 Å². The maximum Gasteiger partial charge on any atom is 0.417 e. The third kappa shape index (κ3) is 3.37. The topological polar surface area (TPSA) is 46.4 Å². The van der Waals surface area contributed by atoms with Crippen LogP contribution in [0.1, 0.15) is 28.7 Å². The van der Waals surface area contributed by atoms with Crippen molar-refractivity contribution in [3.05, 3.63) is 64.3 Å². The van der Waals surface area contributed by atoms with Crippen LogP contribution in [0.25, 0.3) is 5.65 Å². The summed E-state index contributed by atoms with van der Waals surface area (Å²) < 4.78 is 53.5. The molecule has 0 saturated heterocycles. The Bertz CT molecular complexity index is 998. The Morgan fingerprint density at radius 1 is 1.31 bits per heavy atom. The number of rotatable bonds is 3. The molecular formula is C17H12ClF4N3O. The zero-order chi connectivity index (χ0) is 19.1. The molecule has 3 aromatic rings. The summed E-state index contributed by atoms with van der Waals surface area (Å²) in [5.41, 5.74) is -0.597. The number of alkyl halides is 3. The number of hydrogen-bond donors (Lipinski definition) is 1. The van der Waals surface area contributed by atoms with Gasteiger partial charge >= 0.3 is 6.18 Å². The Morgan fingerprint density at radius 3 is 2.65 bits per heavy atom. The van der Waals surface area contributed by atoms with Gasteiger partial charge in [0.25, 0.3) is 5.91 Å². The Kier molecular flexibility index (Phi) is 4.62. The van der Waals surface area contributed by atoms with Gasteiger partial charge in [-0.1, -0.05) is 24.6 Å². The standard InChI is InChI=1S/C17H12ClF4N3O/c1-2-13-14(16(26)23-11-5-3-4-10(19)7-11)25-8-9(17(20,21)22)6-12(18)15(25)24-13/h3-8H,2H2,1H3,(H,23,26). The molecule has 2 aromatic heterocycles. The molecule has 4 nitrogen and oxygen atoms in total. The zero-order valence-electron chi connectivity index (χ0n) is 13.4. The lowest BCUT2D eigenvalue weighted by Crippen LogP contribution is -2.17. The van der Waals surface area contributed by atoms with E-state index in [0.717, 1.165) is 22.7 Å². The first-order chi connectivity index (χ1) is 12.2. The molecule has 9 heteroatoms. The van der Waals surface area contributed by atoms with Crippen molar-refractivity contribution < 1.29 is 22.4 Å². The minimum Gasteiger partial charge on any atom is -0.321 e. The van der Waals surface area contributed by atoms with Gasteiger partial charge in [0.15, 0.2) is 5.65 Å². The second kappa shape index (κ2) is 6.60. The lowest BCUT2D eigenvalue weighted by atomic mass is 10.2. The van der Waals surface area contributed by atoms with Gasteiger partial charge in [-0.15, -0.1) is 0 Å². The van der Waals surface area contributed by atoms with Crippen LogP contribution in [0.15, 0.2) is 36.5 Å². The second-order valence-corrected chi connectivity index (χ2v) is 5.90. The number of pyridine rings is 1. The molecule has 26 heavy (non-hydrogen) atoms. The summed E-state index contributed by atoms with van der Waals surface area (Å²) in [5, 5.41) is 2.24. The number of anilines is 1. The van der Waals surface area contributed by atoms with Crippen LogP contribution in [0.4, 0.5) is 23.2 Å². The monoisotopic (exact) mass is 385 g/mol. The van der Waals surface area contributed by atoms with Crippen LogP contribution in [-0.4, -0.2) is 15.3 Å². The van der Waals surface area contributed by atoms with Gasteiger partial charge in [0, 0.05) is 11.9 Å². The molecule has 1 aromatic carbocycles. The van der Waals surface area contributed by atoms with Crippen molar-refractivity contribution in [1.82, 2.24) is 9.38 Å². The summed E-state index contributed by atoms with van der Waals surface area (Å²) in [7, 11) is 0. The first kappa shape index (κ1) is 18.2. The van der Waals surface area contributed by atoms with E-state index < -0.39 is 23.5 Å². The van der Waals surface area contributed by atoms with Crippen molar-refractivity contribution in [3.8, 4) is 0 Å². The number of nitrogens with zero attached hydrogens (tertiary/aromatic N) is 2. The molecule has 0 aliphatic heterocycles. The number of amides is 1. The first-order valence-corrected chi connectivity index (χ1v) is 7.93. The largest absolute Gasteiger partial charge is 0.417 e. The maximum absolute atomic E-state index is 13.3. The Balaban J connectivity index is 2.14. The van der Waals surface area contributed by atoms with Gasteiger partial charge in [-0.25, -0.2) is 9.37 Å². The molecule has 2 heterocycles. The van der Waals surface area contributed by atoms with E-state index in [4.69, 9.17) is 11.6 Å². The molecule has 0 fully saturated rings. The molecule has 0 aliphatic carbocycles. The summed E-state index contributed by atoms with van der Waals surface area (Å²) in [5.74, 6) is -1.27. The Labute approximate surface area is 150 Å². The van der Waals surface area contributed by atoms with Crippen LogP contribution in [0.3, 0.4) is 0 Å². The predicted octanol–water partition coefficient (Wildman–Crippen LogP) is 4.96. The fourth-order valence-corrected chi connectivity index (χ4v) is 2.80. The summed E-state index contributed by atoms with van der Waals surface area (Å²) in [6.07, 6.45) is -3.57. The zero-order valence-corrected chi connectivity index (χ0v) is 14.1. The van der Waals surface area contributed by atoms with E-state index in [-0.39, 0.29) is 27.7 Å². The smallest absolute Gasteiger partial charge is 0.321 e. The third-order valence-corrected chi connectivity index (χ3v) is 3.99. The number of carbonyl (C=O) groups excluding carboxylic acids is 1. The van der Waals surface area contributed by atoms with E-state index in [1.54, 1.807) is 6.92 Å². The van der Waals surface area contributed by atoms with Crippen LogP contribution < -0.4 is 5.32 Å². The number of aryl methyl sites for hydroxylation is 1. The summed E-state index contributed by atoms with van der Waals surface area (Å²) in [6.45, 7) is 1.71. The second-order valence-electron chi connectivity index (χ2n) is 5.49. The van der Waals surface area contributed by atoms with Crippen LogP contribution in [-0.2, 0) is 12.6 Å². The van der Waals surface area contributed by atoms with Crippen molar-refractivity contribution in [2.45, 2.75) is 19.5 Å². The number of imidazole rings is 1. The first-order valence-electron chi connectivity index (χ1n) is 7.55. The molecule has 136 valence electrons. The summed E-state index contributed by atoms with van der Waals surface area (Å²) >= 11 is 5.93. The minimum atomic E-state index is -4.63. The highest BCUT2D eigenvalue weighted by Gasteiger charge is 2.33. The van der Waals surface area contributed by atoms with Crippen LogP contribution in [0.5, 0.6) is 0 Å². The quantitative estimate of drug-likeness (QED) is 0.648. The third-order valence-electron chi connectivity index (χ3n) is 3.71. The fourth-order valence-electron chi connectivity index (χ4n) is 2.55. The predicted molar refractivity (Wildman–Crippen MR) is 88.9 cm³/mol. The van der Waals surface area contributed by atoms with E-state index >= 15 is 0 Å². The minimum absolute atomic E-state index is 0.0425. The summed E-state index contributed by atoms with van der Waals surface area (Å²) in [4.78, 5) is 16.8. The molecule has 0 unspecified atom stereocenters. The van der Waals surface area contributed by atoms with Gasteiger partial charge in [-0.3, -0.25) is 9.20 Å². The number of halogens is 5. The number of hydrogen-bond acceptors (Lipinski definition) is 2. The fraction of sp³-hybridized carbons (Fsp3) is 0.176. The van der Waals surface area contributed by atoms with E-state index in [2.05, 4.69) is 10.3 Å². The van der Waals surface area contributed by atoms with Gasteiger partial charge < -0.3 is 5.32 Å². The highest BCUT2D eigenvalue weighted by Crippen LogP contribution is 2.33. The molecular weight excluding hydrogens is 374 g/mol. The molecule has 1 N–H and O–H groups in total. The lowest BCUT2D eigenvalue weighted by molar-refractivity contribution is -0.137. The van der Waals surface area contributed by atoms with Crippen LogP contribution in [0, 0.1) is 5.82 Å². The average Bonchev–Trinajstić information content (AvgIpc) is 2.93. The molecule has 0 spiro atoms. The number of fused-ring (bicyclic) bond motifs is 1. The molecule has 0 atom stereocenters. The van der Waals surface area contributed by atoms with Gasteiger partial charge in [-0.2, -0.15) is 13.2 Å². The molecule has 0 radical (unpaired) electrons. The molecule has 1 amide bonds. The van der Waals surface area contributed by atoms with Gasteiger partial charge in [0.2, 0.25) is 0 Å². The van der Waals surface area contributed by atoms with Crippen molar-refractivity contribution in [1.29, 1.82) is 0 Å². The molecule has 0 saturated carbocycles. The Hall–Kier alpha value is -2.61. The van der Waals surface area contributed by atoms with Gasteiger partial charge in [-0.05, 0) is 30.7 Å². The maximum atomic E-state index is 13.3. The van der Waals surface area contributed by atoms with Gasteiger partial charge in [0.1, 0.15) is 11.5 Å². The van der Waals surface area contributed by atoms with E-state index in [9.17, 15) is 22.4 Å².